The van der Waals surface area contributed by atoms with Crippen LogP contribution >= 0.6 is 0 Å². The topological polar surface area (TPSA) is 3.24 Å². The van der Waals surface area contributed by atoms with Gasteiger partial charge >= 0.3 is 0 Å². The second kappa shape index (κ2) is 8.48. The molecule has 144 valence electrons. The molecular weight excluding hydrogens is 338 g/mol. The van der Waals surface area contributed by atoms with Crippen molar-refractivity contribution in [2.45, 2.75) is 27.7 Å². The van der Waals surface area contributed by atoms with Crippen LogP contribution in [0.25, 0.3) is 6.08 Å². The van der Waals surface area contributed by atoms with Gasteiger partial charge in [0.25, 0.3) is 0 Å². The van der Waals surface area contributed by atoms with E-state index in [0.29, 0.717) is 5.92 Å². The molecule has 0 saturated carbocycles. The molecule has 0 aromatic heterocycles. The van der Waals surface area contributed by atoms with Crippen LogP contribution in [0.3, 0.4) is 0 Å². The lowest BCUT2D eigenvalue weighted by Gasteiger charge is -2.14. The lowest BCUT2D eigenvalue weighted by atomic mass is 9.91. The molecule has 0 atom stereocenters. The van der Waals surface area contributed by atoms with Crippen molar-refractivity contribution in [1.82, 2.24) is 0 Å². The van der Waals surface area contributed by atoms with Crippen LogP contribution in [0.1, 0.15) is 33.3 Å². The van der Waals surface area contributed by atoms with Gasteiger partial charge in [0, 0.05) is 19.8 Å². The number of hydrogen-bond acceptors (Lipinski definition) is 1. The van der Waals surface area contributed by atoms with Gasteiger partial charge in [-0.1, -0.05) is 74.6 Å². The van der Waals surface area contributed by atoms with Crippen LogP contribution in [0, 0.1) is 5.92 Å². The molecular formula is C27H31N. The van der Waals surface area contributed by atoms with Crippen LogP contribution in [0.2, 0.25) is 0 Å². The van der Waals surface area contributed by atoms with Gasteiger partial charge in [0.15, 0.2) is 0 Å². The summed E-state index contributed by atoms with van der Waals surface area (Å²) in [4.78, 5) is 2.12. The van der Waals surface area contributed by atoms with E-state index in [-0.39, 0.29) is 0 Å². The van der Waals surface area contributed by atoms with Gasteiger partial charge in [-0.25, -0.2) is 0 Å². The molecule has 3 rings (SSSR count). The first-order valence-corrected chi connectivity index (χ1v) is 10.0. The van der Waals surface area contributed by atoms with E-state index in [2.05, 4.69) is 120 Å². The number of hydrogen-bond donors (Lipinski definition) is 0. The molecule has 28 heavy (non-hydrogen) atoms. The summed E-state index contributed by atoms with van der Waals surface area (Å²) in [6, 6.07) is 8.63. The first-order valence-electron chi connectivity index (χ1n) is 10.0. The van der Waals surface area contributed by atoms with E-state index in [1.165, 1.54) is 44.7 Å². The van der Waals surface area contributed by atoms with Crippen molar-refractivity contribution < 1.29 is 0 Å². The van der Waals surface area contributed by atoms with Crippen molar-refractivity contribution in [3.63, 3.8) is 0 Å². The van der Waals surface area contributed by atoms with E-state index >= 15 is 0 Å². The lowest BCUT2D eigenvalue weighted by molar-refractivity contribution is 0.790. The van der Waals surface area contributed by atoms with Crippen LogP contribution in [-0.2, 0) is 0 Å². The van der Waals surface area contributed by atoms with Crippen LogP contribution < -0.4 is 4.90 Å². The van der Waals surface area contributed by atoms with E-state index in [1.807, 2.05) is 0 Å². The minimum atomic E-state index is 0.516. The molecule has 0 radical (unpaired) electrons. The molecule has 0 N–H and O–H groups in total. The minimum absolute atomic E-state index is 0.516. The fourth-order valence-electron chi connectivity index (χ4n) is 3.60. The third-order valence-electron chi connectivity index (χ3n) is 5.34. The summed E-state index contributed by atoms with van der Waals surface area (Å²) in [6.07, 6.45) is 17.9. The maximum absolute atomic E-state index is 2.36. The van der Waals surface area contributed by atoms with E-state index in [0.717, 1.165) is 0 Å². The van der Waals surface area contributed by atoms with Gasteiger partial charge in [0.2, 0.25) is 0 Å². The molecule has 0 saturated heterocycles. The molecule has 0 spiro atoms. The fourth-order valence-corrected chi connectivity index (χ4v) is 3.60. The molecule has 1 aromatic carbocycles. The average molecular weight is 370 g/mol. The molecule has 2 aliphatic rings. The Balaban J connectivity index is 1.92. The molecule has 0 unspecified atom stereocenters. The average Bonchev–Trinajstić information content (AvgIpc) is 2.94. The Morgan fingerprint density at radius 3 is 2.29 bits per heavy atom. The summed E-state index contributed by atoms with van der Waals surface area (Å²) >= 11 is 0. The maximum atomic E-state index is 2.36. The standard InChI is InChI=1S/C27H31N/c1-19(2)23-11-7-9-20(3)27-24(17-21(4)26(27)18-23)12-8-10-22-13-15-25(16-14-22)28(5)6/h7-19H,1-6H3/b9-7?,10-8+,11-7?,20-9?,23-11?,23-18?,24-12-,26-18?,27-20?. The SMILES string of the molecule is CC1=C/C(=C/C=C/c2ccc(N(C)C)cc2)C2=C1C=C(C(C)C)C=CC=C2C. The highest BCUT2D eigenvalue weighted by Gasteiger charge is 2.20. The Morgan fingerprint density at radius 2 is 1.64 bits per heavy atom. The molecule has 0 bridgehead atoms. The highest BCUT2D eigenvalue weighted by atomic mass is 15.1. The van der Waals surface area contributed by atoms with Crippen LogP contribution in [0.5, 0.6) is 0 Å². The number of anilines is 1. The van der Waals surface area contributed by atoms with Crippen molar-refractivity contribution in [2.75, 3.05) is 19.0 Å². The number of rotatable bonds is 4. The highest BCUT2D eigenvalue weighted by molar-refractivity contribution is 5.70. The molecule has 0 amide bonds. The first-order chi connectivity index (χ1) is 13.4. The van der Waals surface area contributed by atoms with Gasteiger partial charge in [0.1, 0.15) is 0 Å². The second-order valence-electron chi connectivity index (χ2n) is 8.09. The smallest absolute Gasteiger partial charge is 0.0361 e. The van der Waals surface area contributed by atoms with Crippen molar-refractivity contribution in [2.24, 2.45) is 5.92 Å². The lowest BCUT2D eigenvalue weighted by Crippen LogP contribution is -2.07. The Hall–Kier alpha value is -2.80. The Kier molecular flexibility index (Phi) is 6.04. The maximum Gasteiger partial charge on any atom is 0.0361 e. The normalized spacial score (nSPS) is 18.2. The van der Waals surface area contributed by atoms with Crippen molar-refractivity contribution >= 4 is 11.8 Å². The van der Waals surface area contributed by atoms with Gasteiger partial charge < -0.3 is 4.90 Å². The monoisotopic (exact) mass is 369 g/mol. The predicted octanol–water partition coefficient (Wildman–Crippen LogP) is 7.05. The van der Waals surface area contributed by atoms with E-state index in [4.69, 9.17) is 0 Å². The van der Waals surface area contributed by atoms with Crippen LogP contribution in [-0.4, -0.2) is 14.1 Å². The van der Waals surface area contributed by atoms with Gasteiger partial charge in [-0.05, 0) is 70.9 Å². The van der Waals surface area contributed by atoms with E-state index in [9.17, 15) is 0 Å². The molecule has 1 heteroatoms. The Labute approximate surface area is 170 Å². The molecule has 2 aliphatic carbocycles. The third-order valence-corrected chi connectivity index (χ3v) is 5.34. The fraction of sp³-hybridized carbons (Fsp3) is 0.259. The summed E-state index contributed by atoms with van der Waals surface area (Å²) in [7, 11) is 4.13. The zero-order valence-electron chi connectivity index (χ0n) is 18.0. The predicted molar refractivity (Wildman–Crippen MR) is 124 cm³/mol. The molecule has 1 nitrogen and oxygen atoms in total. The number of allylic oxidation sites excluding steroid dienone is 13. The number of benzene rings is 1. The van der Waals surface area contributed by atoms with E-state index < -0.39 is 0 Å². The summed E-state index contributed by atoms with van der Waals surface area (Å²) in [5, 5.41) is 0. The zero-order valence-corrected chi connectivity index (χ0v) is 18.0. The minimum Gasteiger partial charge on any atom is -0.378 e. The van der Waals surface area contributed by atoms with Crippen molar-refractivity contribution in [3.05, 3.63) is 106 Å². The van der Waals surface area contributed by atoms with E-state index in [1.54, 1.807) is 0 Å². The van der Waals surface area contributed by atoms with Crippen LogP contribution in [0.4, 0.5) is 5.69 Å². The van der Waals surface area contributed by atoms with Gasteiger partial charge in [-0.15, -0.1) is 0 Å². The largest absolute Gasteiger partial charge is 0.378 e. The third kappa shape index (κ3) is 4.36. The molecule has 0 heterocycles. The summed E-state index contributed by atoms with van der Waals surface area (Å²) in [6.45, 7) is 8.93. The molecule has 1 aromatic rings. The first kappa shape index (κ1) is 19.9. The summed E-state index contributed by atoms with van der Waals surface area (Å²) in [5.74, 6) is 0.516. The Bertz CT molecular complexity index is 952. The quantitative estimate of drug-likeness (QED) is 0.550. The van der Waals surface area contributed by atoms with Crippen molar-refractivity contribution in [1.29, 1.82) is 0 Å². The Morgan fingerprint density at radius 1 is 0.929 bits per heavy atom. The number of nitrogens with zero attached hydrogens (tertiary/aromatic N) is 1. The van der Waals surface area contributed by atoms with Crippen molar-refractivity contribution in [3.8, 4) is 0 Å². The van der Waals surface area contributed by atoms with Gasteiger partial charge in [-0.3, -0.25) is 0 Å². The molecule has 0 aliphatic heterocycles. The highest BCUT2D eigenvalue weighted by Crippen LogP contribution is 2.38. The summed E-state index contributed by atoms with van der Waals surface area (Å²) in [5.41, 5.74) is 10.5. The summed E-state index contributed by atoms with van der Waals surface area (Å²) < 4.78 is 0. The zero-order chi connectivity index (χ0) is 20.3. The van der Waals surface area contributed by atoms with Gasteiger partial charge in [-0.2, -0.15) is 0 Å². The van der Waals surface area contributed by atoms with Crippen LogP contribution in [0.15, 0.2) is 100 Å². The molecule has 0 fully saturated rings. The second-order valence-corrected chi connectivity index (χ2v) is 8.09. The van der Waals surface area contributed by atoms with Gasteiger partial charge in [0.05, 0.1) is 0 Å².